The lowest BCUT2D eigenvalue weighted by atomic mass is 9.94. The first-order valence-corrected chi connectivity index (χ1v) is 9.40. The van der Waals surface area contributed by atoms with E-state index in [0.29, 0.717) is 12.4 Å². The number of oxazole rings is 1. The first kappa shape index (κ1) is 19.4. The number of aryl methyl sites for hydroxylation is 1. The van der Waals surface area contributed by atoms with Crippen LogP contribution in [0, 0.1) is 6.92 Å². The second-order valence-electron chi connectivity index (χ2n) is 7.96. The maximum absolute atomic E-state index is 5.84. The largest absolute Gasteiger partial charge is 0.443 e. The van der Waals surface area contributed by atoms with E-state index >= 15 is 0 Å². The number of guanidine groups is 1. The van der Waals surface area contributed by atoms with Gasteiger partial charge in [0.05, 0.1) is 18.4 Å². The molecule has 148 valence electrons. The molecule has 0 bridgehead atoms. The zero-order chi connectivity index (χ0) is 19.4. The van der Waals surface area contributed by atoms with Crippen LogP contribution in [0.1, 0.15) is 43.9 Å². The van der Waals surface area contributed by atoms with Crippen LogP contribution in [0.2, 0.25) is 0 Å². The number of hydrogen-bond acceptors (Lipinski definition) is 6. The average molecular weight is 374 g/mol. The fraction of sp³-hybridized carbons (Fsp3) is 0.632. The summed E-state index contributed by atoms with van der Waals surface area (Å²) in [6.07, 6.45) is 1.81. The summed E-state index contributed by atoms with van der Waals surface area (Å²) in [6, 6.07) is 2.00. The lowest BCUT2D eigenvalue weighted by Crippen LogP contribution is -2.52. The Kier molecular flexibility index (Phi) is 5.84. The predicted octanol–water partition coefficient (Wildman–Crippen LogP) is 2.16. The van der Waals surface area contributed by atoms with Gasteiger partial charge in [-0.15, -0.1) is 0 Å². The fourth-order valence-electron chi connectivity index (χ4n) is 3.07. The standard InChI is InChI=1S/C19H30N6O2/c1-14-10-15(23-27-14)13-24-6-8-25(9-7-24)18(20-5)22-12-17-21-11-16(26-17)19(2,3)4/h10-11H,6-9,12-13H2,1-5H3,(H,20,22). The van der Waals surface area contributed by atoms with Crippen molar-refractivity contribution in [3.8, 4) is 0 Å². The van der Waals surface area contributed by atoms with Gasteiger partial charge >= 0.3 is 0 Å². The number of aliphatic imine (C=N–C) groups is 1. The summed E-state index contributed by atoms with van der Waals surface area (Å²) in [5, 5.41) is 7.44. The minimum Gasteiger partial charge on any atom is -0.443 e. The molecule has 1 saturated heterocycles. The van der Waals surface area contributed by atoms with Crippen LogP contribution in [-0.2, 0) is 18.5 Å². The molecule has 8 nitrogen and oxygen atoms in total. The third-order valence-electron chi connectivity index (χ3n) is 4.64. The molecule has 2 aromatic heterocycles. The topological polar surface area (TPSA) is 82.9 Å². The van der Waals surface area contributed by atoms with E-state index in [4.69, 9.17) is 8.94 Å². The molecule has 1 N–H and O–H groups in total. The Morgan fingerprint density at radius 3 is 2.56 bits per heavy atom. The van der Waals surface area contributed by atoms with Crippen molar-refractivity contribution < 1.29 is 8.94 Å². The summed E-state index contributed by atoms with van der Waals surface area (Å²) in [5.74, 6) is 3.31. The number of aromatic nitrogens is 2. The lowest BCUT2D eigenvalue weighted by Gasteiger charge is -2.36. The van der Waals surface area contributed by atoms with Gasteiger partial charge in [-0.25, -0.2) is 4.98 Å². The number of hydrogen-bond donors (Lipinski definition) is 1. The highest BCUT2D eigenvalue weighted by molar-refractivity contribution is 5.79. The zero-order valence-electron chi connectivity index (χ0n) is 16.9. The van der Waals surface area contributed by atoms with E-state index in [1.807, 2.05) is 26.2 Å². The van der Waals surface area contributed by atoms with Gasteiger partial charge in [-0.05, 0) is 6.92 Å². The van der Waals surface area contributed by atoms with Crippen LogP contribution in [0.5, 0.6) is 0 Å². The number of rotatable bonds is 4. The Hall–Kier alpha value is -2.35. The number of nitrogens with one attached hydrogen (secondary N) is 1. The van der Waals surface area contributed by atoms with E-state index in [9.17, 15) is 0 Å². The van der Waals surface area contributed by atoms with Gasteiger partial charge in [-0.3, -0.25) is 9.89 Å². The van der Waals surface area contributed by atoms with Gasteiger partial charge in [-0.2, -0.15) is 0 Å². The van der Waals surface area contributed by atoms with E-state index in [1.54, 1.807) is 0 Å². The number of nitrogens with zero attached hydrogens (tertiary/aromatic N) is 5. The quantitative estimate of drug-likeness (QED) is 0.648. The van der Waals surface area contributed by atoms with Crippen molar-refractivity contribution in [1.82, 2.24) is 25.3 Å². The molecule has 0 radical (unpaired) electrons. The maximum atomic E-state index is 5.84. The smallest absolute Gasteiger partial charge is 0.213 e. The second kappa shape index (κ2) is 8.12. The van der Waals surface area contributed by atoms with Crippen molar-refractivity contribution in [2.45, 2.75) is 46.2 Å². The van der Waals surface area contributed by atoms with Crippen LogP contribution in [-0.4, -0.2) is 59.1 Å². The van der Waals surface area contributed by atoms with E-state index in [0.717, 1.165) is 55.9 Å². The van der Waals surface area contributed by atoms with E-state index in [-0.39, 0.29) is 5.41 Å². The van der Waals surface area contributed by atoms with Gasteiger partial charge < -0.3 is 19.2 Å². The number of piperazine rings is 1. The van der Waals surface area contributed by atoms with Gasteiger partial charge in [0, 0.05) is 51.3 Å². The van der Waals surface area contributed by atoms with Crippen molar-refractivity contribution in [2.75, 3.05) is 33.2 Å². The monoisotopic (exact) mass is 374 g/mol. The normalized spacial score (nSPS) is 16.8. The highest BCUT2D eigenvalue weighted by Gasteiger charge is 2.22. The molecule has 8 heteroatoms. The molecule has 27 heavy (non-hydrogen) atoms. The van der Waals surface area contributed by atoms with Gasteiger partial charge in [0.1, 0.15) is 11.5 Å². The van der Waals surface area contributed by atoms with Crippen molar-refractivity contribution in [1.29, 1.82) is 0 Å². The van der Waals surface area contributed by atoms with E-state index in [2.05, 4.69) is 51.0 Å². The first-order valence-electron chi connectivity index (χ1n) is 9.40. The minimum absolute atomic E-state index is 0.0361. The Balaban J connectivity index is 1.48. The van der Waals surface area contributed by atoms with Crippen molar-refractivity contribution in [3.05, 3.63) is 35.4 Å². The molecule has 0 amide bonds. The van der Waals surface area contributed by atoms with E-state index < -0.39 is 0 Å². The van der Waals surface area contributed by atoms with Crippen molar-refractivity contribution in [2.24, 2.45) is 4.99 Å². The van der Waals surface area contributed by atoms with Crippen LogP contribution in [0.25, 0.3) is 0 Å². The van der Waals surface area contributed by atoms with Gasteiger partial charge in [-0.1, -0.05) is 25.9 Å². The molecule has 0 aliphatic carbocycles. The van der Waals surface area contributed by atoms with Crippen LogP contribution in [0.15, 0.2) is 26.2 Å². The molecule has 1 aliphatic heterocycles. The molecular weight excluding hydrogens is 344 g/mol. The highest BCUT2D eigenvalue weighted by Crippen LogP contribution is 2.22. The van der Waals surface area contributed by atoms with Crippen molar-refractivity contribution in [3.63, 3.8) is 0 Å². The Morgan fingerprint density at radius 1 is 1.26 bits per heavy atom. The van der Waals surface area contributed by atoms with Crippen LogP contribution in [0.3, 0.4) is 0 Å². The summed E-state index contributed by atoms with van der Waals surface area (Å²) in [7, 11) is 1.81. The summed E-state index contributed by atoms with van der Waals surface area (Å²) < 4.78 is 11.0. The van der Waals surface area contributed by atoms with Crippen LogP contribution >= 0.6 is 0 Å². The summed E-state index contributed by atoms with van der Waals surface area (Å²) >= 11 is 0. The average Bonchev–Trinajstić information content (AvgIpc) is 3.26. The SMILES string of the molecule is CN=C(NCc1ncc(C(C)(C)C)o1)N1CCN(Cc2cc(C)on2)CC1. The molecule has 0 aromatic carbocycles. The van der Waals surface area contributed by atoms with Gasteiger partial charge in [0.2, 0.25) is 5.89 Å². The van der Waals surface area contributed by atoms with Crippen LogP contribution in [0.4, 0.5) is 0 Å². The Morgan fingerprint density at radius 2 is 2.00 bits per heavy atom. The summed E-state index contributed by atoms with van der Waals surface area (Å²) in [4.78, 5) is 13.4. The maximum Gasteiger partial charge on any atom is 0.213 e. The Bertz CT molecular complexity index is 765. The van der Waals surface area contributed by atoms with Crippen molar-refractivity contribution >= 4 is 5.96 Å². The molecule has 1 fully saturated rings. The third kappa shape index (κ3) is 5.09. The van der Waals surface area contributed by atoms with Gasteiger partial charge in [0.15, 0.2) is 5.96 Å². The molecule has 3 rings (SSSR count). The Labute approximate surface area is 160 Å². The molecular formula is C19H30N6O2. The lowest BCUT2D eigenvalue weighted by molar-refractivity contribution is 0.168. The van der Waals surface area contributed by atoms with E-state index in [1.165, 1.54) is 0 Å². The van der Waals surface area contributed by atoms with Gasteiger partial charge in [0.25, 0.3) is 0 Å². The first-order chi connectivity index (χ1) is 12.8. The molecule has 3 heterocycles. The fourth-order valence-corrected chi connectivity index (χ4v) is 3.07. The molecule has 1 aliphatic rings. The predicted molar refractivity (Wildman–Crippen MR) is 103 cm³/mol. The summed E-state index contributed by atoms with van der Waals surface area (Å²) in [6.45, 7) is 13.4. The zero-order valence-corrected chi connectivity index (χ0v) is 16.9. The summed E-state index contributed by atoms with van der Waals surface area (Å²) in [5.41, 5.74) is 0.952. The minimum atomic E-state index is -0.0361. The highest BCUT2D eigenvalue weighted by atomic mass is 16.5. The molecule has 2 aromatic rings. The van der Waals surface area contributed by atoms with Crippen LogP contribution < -0.4 is 5.32 Å². The molecule has 0 saturated carbocycles. The molecule has 0 unspecified atom stereocenters. The molecule has 0 atom stereocenters. The second-order valence-corrected chi connectivity index (χ2v) is 7.96. The molecule has 0 spiro atoms. The third-order valence-corrected chi connectivity index (χ3v) is 4.64.